The average Bonchev–Trinajstić information content (AvgIpc) is 2.69. The first-order chi connectivity index (χ1) is 13.1. The molecule has 1 aliphatic heterocycles. The summed E-state index contributed by atoms with van der Waals surface area (Å²) < 4.78 is 18.8. The Morgan fingerprint density at radius 3 is 2.41 bits per heavy atom. The Hall–Kier alpha value is -2.44. The smallest absolute Gasteiger partial charge is 0.234 e. The molecule has 1 saturated heterocycles. The summed E-state index contributed by atoms with van der Waals surface area (Å²) in [5, 5.41) is 2.97. The second kappa shape index (κ2) is 9.48. The van der Waals surface area contributed by atoms with Crippen molar-refractivity contribution in [2.45, 2.75) is 13.1 Å². The number of nitrogens with one attached hydrogen (secondary N) is 1. The molecular formula is C21H26FN3O2. The predicted molar refractivity (Wildman–Crippen MR) is 103 cm³/mol. The molecule has 0 atom stereocenters. The van der Waals surface area contributed by atoms with E-state index in [2.05, 4.69) is 15.1 Å². The summed E-state index contributed by atoms with van der Waals surface area (Å²) in [5.41, 5.74) is 2.03. The molecule has 1 aliphatic rings. The van der Waals surface area contributed by atoms with E-state index in [1.807, 2.05) is 36.4 Å². The fourth-order valence-electron chi connectivity index (χ4n) is 3.23. The highest BCUT2D eigenvalue weighted by molar-refractivity contribution is 5.78. The summed E-state index contributed by atoms with van der Waals surface area (Å²) in [5.74, 6) is -0.0154. The van der Waals surface area contributed by atoms with E-state index >= 15 is 0 Å². The van der Waals surface area contributed by atoms with Gasteiger partial charge in [-0.05, 0) is 23.3 Å². The number of amides is 1. The van der Waals surface area contributed by atoms with Gasteiger partial charge in [0.05, 0.1) is 13.7 Å². The normalized spacial score (nSPS) is 15.5. The monoisotopic (exact) mass is 371 g/mol. The predicted octanol–water partition coefficient (Wildman–Crippen LogP) is 2.27. The van der Waals surface area contributed by atoms with E-state index in [1.165, 1.54) is 13.2 Å². The largest absolute Gasteiger partial charge is 0.494 e. The highest BCUT2D eigenvalue weighted by atomic mass is 19.1. The summed E-state index contributed by atoms with van der Waals surface area (Å²) in [6.45, 7) is 5.06. The lowest BCUT2D eigenvalue weighted by Gasteiger charge is -2.34. The van der Waals surface area contributed by atoms with Crippen molar-refractivity contribution in [1.29, 1.82) is 0 Å². The number of nitrogens with zero attached hydrogens (tertiary/aromatic N) is 2. The number of carbonyl (C=O) groups is 1. The minimum atomic E-state index is -0.330. The highest BCUT2D eigenvalue weighted by Crippen LogP contribution is 2.19. The van der Waals surface area contributed by atoms with Crippen molar-refractivity contribution in [2.24, 2.45) is 0 Å². The van der Waals surface area contributed by atoms with Crippen LogP contribution in [-0.4, -0.2) is 55.5 Å². The van der Waals surface area contributed by atoms with Gasteiger partial charge in [0, 0.05) is 39.3 Å². The lowest BCUT2D eigenvalue weighted by atomic mass is 10.2. The number of halogens is 1. The second-order valence-corrected chi connectivity index (χ2v) is 6.78. The molecule has 2 aromatic rings. The van der Waals surface area contributed by atoms with Gasteiger partial charge in [-0.1, -0.05) is 36.4 Å². The molecule has 0 saturated carbocycles. The number of hydrogen-bond donors (Lipinski definition) is 1. The summed E-state index contributed by atoms with van der Waals surface area (Å²) in [4.78, 5) is 16.6. The number of rotatable bonds is 7. The quantitative estimate of drug-likeness (QED) is 0.811. The Bertz CT molecular complexity index is 746. The first-order valence-corrected chi connectivity index (χ1v) is 9.22. The van der Waals surface area contributed by atoms with Crippen LogP contribution in [-0.2, 0) is 17.9 Å². The molecule has 5 nitrogen and oxygen atoms in total. The maximum atomic E-state index is 13.8. The molecule has 0 unspecified atom stereocenters. The van der Waals surface area contributed by atoms with Gasteiger partial charge in [0.15, 0.2) is 11.6 Å². The molecule has 1 heterocycles. The van der Waals surface area contributed by atoms with Crippen LogP contribution in [0.3, 0.4) is 0 Å². The molecular weight excluding hydrogens is 345 g/mol. The number of ether oxygens (including phenoxy) is 1. The van der Waals surface area contributed by atoms with Gasteiger partial charge in [-0.25, -0.2) is 4.39 Å². The van der Waals surface area contributed by atoms with E-state index < -0.39 is 0 Å². The molecule has 27 heavy (non-hydrogen) atoms. The minimum Gasteiger partial charge on any atom is -0.494 e. The Kier molecular flexibility index (Phi) is 6.79. The van der Waals surface area contributed by atoms with Gasteiger partial charge in [0.2, 0.25) is 5.91 Å². The molecule has 2 aromatic carbocycles. The molecule has 1 fully saturated rings. The maximum absolute atomic E-state index is 13.8. The fourth-order valence-corrected chi connectivity index (χ4v) is 3.23. The summed E-state index contributed by atoms with van der Waals surface area (Å²) in [6.07, 6.45) is 0. The zero-order valence-electron chi connectivity index (χ0n) is 15.7. The topological polar surface area (TPSA) is 44.8 Å². The zero-order chi connectivity index (χ0) is 19.1. The van der Waals surface area contributed by atoms with Crippen LogP contribution < -0.4 is 10.1 Å². The van der Waals surface area contributed by atoms with Crippen LogP contribution >= 0.6 is 0 Å². The third kappa shape index (κ3) is 5.77. The third-order valence-electron chi connectivity index (χ3n) is 4.79. The van der Waals surface area contributed by atoms with Crippen LogP contribution in [0.25, 0.3) is 0 Å². The zero-order valence-corrected chi connectivity index (χ0v) is 15.7. The van der Waals surface area contributed by atoms with Crippen molar-refractivity contribution in [2.75, 3.05) is 39.8 Å². The van der Waals surface area contributed by atoms with Crippen LogP contribution in [0.1, 0.15) is 11.1 Å². The van der Waals surface area contributed by atoms with Gasteiger partial charge in [-0.2, -0.15) is 0 Å². The van der Waals surface area contributed by atoms with E-state index in [0.29, 0.717) is 19.6 Å². The van der Waals surface area contributed by atoms with E-state index in [0.717, 1.165) is 37.3 Å². The third-order valence-corrected chi connectivity index (χ3v) is 4.79. The highest BCUT2D eigenvalue weighted by Gasteiger charge is 2.19. The van der Waals surface area contributed by atoms with Gasteiger partial charge in [-0.15, -0.1) is 0 Å². The first kappa shape index (κ1) is 19.3. The fraction of sp³-hybridized carbons (Fsp3) is 0.381. The SMILES string of the molecule is COc1ccc(CN2CCN(CC(=O)NCc3ccccc3)CC2)cc1F. The number of methoxy groups -OCH3 is 1. The Balaban J connectivity index is 1.39. The Morgan fingerprint density at radius 1 is 1.04 bits per heavy atom. The molecule has 0 aliphatic carbocycles. The van der Waals surface area contributed by atoms with Crippen LogP contribution in [0.15, 0.2) is 48.5 Å². The lowest BCUT2D eigenvalue weighted by molar-refractivity contribution is -0.122. The van der Waals surface area contributed by atoms with Gasteiger partial charge >= 0.3 is 0 Å². The van der Waals surface area contributed by atoms with E-state index in [-0.39, 0.29) is 17.5 Å². The van der Waals surface area contributed by atoms with E-state index in [9.17, 15) is 9.18 Å². The summed E-state index contributed by atoms with van der Waals surface area (Å²) in [6, 6.07) is 15.0. The van der Waals surface area contributed by atoms with Crippen molar-refractivity contribution in [3.63, 3.8) is 0 Å². The minimum absolute atomic E-state index is 0.0459. The van der Waals surface area contributed by atoms with Crippen molar-refractivity contribution >= 4 is 5.91 Å². The van der Waals surface area contributed by atoms with Crippen LogP contribution in [0.4, 0.5) is 4.39 Å². The summed E-state index contributed by atoms with van der Waals surface area (Å²) in [7, 11) is 1.47. The molecule has 0 radical (unpaired) electrons. The second-order valence-electron chi connectivity index (χ2n) is 6.78. The van der Waals surface area contributed by atoms with Crippen molar-refractivity contribution in [3.8, 4) is 5.75 Å². The van der Waals surface area contributed by atoms with Gasteiger partial charge < -0.3 is 10.1 Å². The van der Waals surface area contributed by atoms with Crippen molar-refractivity contribution in [3.05, 3.63) is 65.5 Å². The average molecular weight is 371 g/mol. The van der Waals surface area contributed by atoms with Gasteiger partial charge in [-0.3, -0.25) is 14.6 Å². The Morgan fingerprint density at radius 2 is 1.74 bits per heavy atom. The molecule has 0 spiro atoms. The first-order valence-electron chi connectivity index (χ1n) is 9.22. The lowest BCUT2D eigenvalue weighted by Crippen LogP contribution is -2.49. The van der Waals surface area contributed by atoms with Gasteiger partial charge in [0.25, 0.3) is 0 Å². The van der Waals surface area contributed by atoms with Crippen molar-refractivity contribution < 1.29 is 13.9 Å². The Labute approximate surface area is 159 Å². The van der Waals surface area contributed by atoms with E-state index in [4.69, 9.17) is 4.74 Å². The number of piperazine rings is 1. The number of hydrogen-bond acceptors (Lipinski definition) is 4. The van der Waals surface area contributed by atoms with E-state index in [1.54, 1.807) is 6.07 Å². The standard InChI is InChI=1S/C21H26FN3O2/c1-27-20-8-7-18(13-19(20)22)15-24-9-11-25(12-10-24)16-21(26)23-14-17-5-3-2-4-6-17/h2-8,13H,9-12,14-16H2,1H3,(H,23,26). The number of carbonyl (C=O) groups excluding carboxylic acids is 1. The molecule has 3 rings (SSSR count). The number of benzene rings is 2. The van der Waals surface area contributed by atoms with Crippen LogP contribution in [0.5, 0.6) is 5.75 Å². The maximum Gasteiger partial charge on any atom is 0.234 e. The molecule has 1 N–H and O–H groups in total. The molecule has 6 heteroatoms. The van der Waals surface area contributed by atoms with Crippen LogP contribution in [0, 0.1) is 5.82 Å². The van der Waals surface area contributed by atoms with Crippen molar-refractivity contribution in [1.82, 2.24) is 15.1 Å². The molecule has 0 bridgehead atoms. The van der Waals surface area contributed by atoms with Gasteiger partial charge in [0.1, 0.15) is 0 Å². The molecule has 0 aromatic heterocycles. The van der Waals surface area contributed by atoms with Crippen LogP contribution in [0.2, 0.25) is 0 Å². The molecule has 144 valence electrons. The summed E-state index contributed by atoms with van der Waals surface area (Å²) >= 11 is 0. The molecule has 1 amide bonds.